The van der Waals surface area contributed by atoms with Crippen LogP contribution >= 0.6 is 45.2 Å². The first-order chi connectivity index (χ1) is 11.2. The van der Waals surface area contributed by atoms with E-state index in [-0.39, 0.29) is 15.6 Å². The third-order valence-electron chi connectivity index (χ3n) is 4.76. The minimum Gasteiger partial charge on any atom is -0.487 e. The predicted octanol–water partition coefficient (Wildman–Crippen LogP) is 4.92. The molecule has 1 aliphatic rings. The largest absolute Gasteiger partial charge is 0.487 e. The average molecular weight is 557 g/mol. The molecule has 0 bridgehead atoms. The first kappa shape index (κ1) is 20.2. The summed E-state index contributed by atoms with van der Waals surface area (Å²) in [6, 6.07) is 5.56. The van der Waals surface area contributed by atoms with Crippen LogP contribution in [0.3, 0.4) is 0 Å². The van der Waals surface area contributed by atoms with E-state index in [9.17, 15) is 4.79 Å². The number of halogens is 2. The van der Waals surface area contributed by atoms with Crippen molar-refractivity contribution in [2.75, 3.05) is 0 Å². The van der Waals surface area contributed by atoms with Crippen LogP contribution in [0.2, 0.25) is 0 Å². The van der Waals surface area contributed by atoms with Crippen LogP contribution in [-0.2, 0) is 4.79 Å². The van der Waals surface area contributed by atoms with Crippen molar-refractivity contribution in [3.8, 4) is 11.5 Å². The van der Waals surface area contributed by atoms with Gasteiger partial charge in [-0.15, -0.1) is 0 Å². The van der Waals surface area contributed by atoms with E-state index in [0.29, 0.717) is 5.75 Å². The minimum atomic E-state index is -0.766. The standard InChI is InChI=1S/C18H25I2NO3/c1-4-18(9-5-6-10-18)24-14-8-7-13(11-12(14)2)23-16(22)17(3,20)15(19)21/h7-8,11,15H,4-6,9-10,21H2,1-3H3. The molecular weight excluding hydrogens is 532 g/mol. The van der Waals surface area contributed by atoms with E-state index in [2.05, 4.69) is 6.92 Å². The summed E-state index contributed by atoms with van der Waals surface area (Å²) >= 11 is 4.08. The highest BCUT2D eigenvalue weighted by atomic mass is 127. The van der Waals surface area contributed by atoms with E-state index < -0.39 is 3.42 Å². The van der Waals surface area contributed by atoms with Gasteiger partial charge in [0.2, 0.25) is 0 Å². The monoisotopic (exact) mass is 557 g/mol. The molecule has 6 heteroatoms. The summed E-state index contributed by atoms with van der Waals surface area (Å²) in [5.74, 6) is 1.07. The Hall–Kier alpha value is -0.0900. The Balaban J connectivity index is 2.11. The van der Waals surface area contributed by atoms with E-state index in [4.69, 9.17) is 15.2 Å². The molecule has 4 nitrogen and oxygen atoms in total. The van der Waals surface area contributed by atoms with Gasteiger partial charge < -0.3 is 15.2 Å². The van der Waals surface area contributed by atoms with Crippen molar-refractivity contribution < 1.29 is 14.3 Å². The third-order valence-corrected chi connectivity index (χ3v) is 8.31. The molecule has 0 heterocycles. The highest BCUT2D eigenvalue weighted by Crippen LogP contribution is 2.38. The number of carbonyl (C=O) groups is 1. The lowest BCUT2D eigenvalue weighted by molar-refractivity contribution is -0.136. The molecule has 2 N–H and O–H groups in total. The smallest absolute Gasteiger partial charge is 0.329 e. The highest BCUT2D eigenvalue weighted by molar-refractivity contribution is 14.1. The Bertz CT molecular complexity index is 596. The lowest BCUT2D eigenvalue weighted by atomic mass is 9.98. The number of esters is 1. The minimum absolute atomic E-state index is 0.0300. The molecule has 1 aromatic carbocycles. The second kappa shape index (κ2) is 8.07. The van der Waals surface area contributed by atoms with Gasteiger partial charge in [0.1, 0.15) is 20.5 Å². The predicted molar refractivity (Wildman–Crippen MR) is 113 cm³/mol. The van der Waals surface area contributed by atoms with E-state index >= 15 is 0 Å². The Morgan fingerprint density at radius 3 is 2.54 bits per heavy atom. The fourth-order valence-electron chi connectivity index (χ4n) is 2.90. The van der Waals surface area contributed by atoms with E-state index in [1.165, 1.54) is 12.8 Å². The van der Waals surface area contributed by atoms with E-state index in [1.807, 2.05) is 64.2 Å². The normalized spacial score (nSPS) is 20.2. The maximum Gasteiger partial charge on any atom is 0.329 e. The van der Waals surface area contributed by atoms with Gasteiger partial charge in [0.25, 0.3) is 0 Å². The molecule has 1 aliphatic carbocycles. The number of hydrogen-bond acceptors (Lipinski definition) is 4. The molecule has 2 unspecified atom stereocenters. The number of benzene rings is 1. The fraction of sp³-hybridized carbons (Fsp3) is 0.611. The number of hydrogen-bond donors (Lipinski definition) is 1. The second-order valence-corrected chi connectivity index (χ2v) is 10.2. The Morgan fingerprint density at radius 1 is 1.42 bits per heavy atom. The zero-order valence-electron chi connectivity index (χ0n) is 14.4. The molecule has 2 rings (SSSR count). The van der Waals surface area contributed by atoms with Crippen molar-refractivity contribution in [2.24, 2.45) is 5.73 Å². The lowest BCUT2D eigenvalue weighted by Crippen LogP contribution is -2.45. The van der Waals surface area contributed by atoms with Crippen molar-refractivity contribution >= 4 is 51.2 Å². The van der Waals surface area contributed by atoms with Gasteiger partial charge in [0, 0.05) is 0 Å². The summed E-state index contributed by atoms with van der Waals surface area (Å²) in [6.07, 6.45) is 5.70. The third kappa shape index (κ3) is 4.55. The van der Waals surface area contributed by atoms with E-state index in [1.54, 1.807) is 13.0 Å². The summed E-state index contributed by atoms with van der Waals surface area (Å²) in [5.41, 5.74) is 6.81. The SMILES string of the molecule is CCC1(Oc2ccc(OC(=O)C(C)(I)C(N)I)cc2C)CCCC1. The van der Waals surface area contributed by atoms with Crippen LogP contribution in [0.1, 0.15) is 51.5 Å². The summed E-state index contributed by atoms with van der Waals surface area (Å²) in [4.78, 5) is 12.3. The summed E-state index contributed by atoms with van der Waals surface area (Å²) in [7, 11) is 0. The van der Waals surface area contributed by atoms with Gasteiger partial charge in [-0.3, -0.25) is 4.79 Å². The average Bonchev–Trinajstić information content (AvgIpc) is 2.99. The molecule has 0 saturated heterocycles. The highest BCUT2D eigenvalue weighted by Gasteiger charge is 2.38. The van der Waals surface area contributed by atoms with Gasteiger partial charge in [-0.1, -0.05) is 52.1 Å². The fourth-order valence-corrected chi connectivity index (χ4v) is 3.26. The molecule has 1 aromatic rings. The molecule has 0 aromatic heterocycles. The maximum absolute atomic E-state index is 12.3. The van der Waals surface area contributed by atoms with Gasteiger partial charge in [-0.2, -0.15) is 0 Å². The molecule has 134 valence electrons. The second-order valence-electron chi connectivity index (χ2n) is 6.64. The van der Waals surface area contributed by atoms with Crippen molar-refractivity contribution in [1.29, 1.82) is 0 Å². The van der Waals surface area contributed by atoms with Crippen LogP contribution in [-0.4, -0.2) is 19.0 Å². The molecule has 2 atom stereocenters. The summed E-state index contributed by atoms with van der Waals surface area (Å²) in [6.45, 7) is 5.95. The molecule has 0 aliphatic heterocycles. The van der Waals surface area contributed by atoms with Crippen LogP contribution in [0, 0.1) is 6.92 Å². The van der Waals surface area contributed by atoms with Gasteiger partial charge >= 0.3 is 5.97 Å². The molecular formula is C18H25I2NO3. The van der Waals surface area contributed by atoms with E-state index in [0.717, 1.165) is 30.6 Å². The van der Waals surface area contributed by atoms with Gasteiger partial charge in [0.05, 0.1) is 4.05 Å². The first-order valence-corrected chi connectivity index (χ1v) is 10.6. The lowest BCUT2D eigenvalue weighted by Gasteiger charge is -2.30. The topological polar surface area (TPSA) is 61.5 Å². The Morgan fingerprint density at radius 2 is 2.04 bits per heavy atom. The van der Waals surface area contributed by atoms with Crippen LogP contribution in [0.15, 0.2) is 18.2 Å². The number of carbonyl (C=O) groups excluding carboxylic acids is 1. The molecule has 24 heavy (non-hydrogen) atoms. The van der Waals surface area contributed by atoms with Crippen molar-refractivity contribution in [3.05, 3.63) is 23.8 Å². The molecule has 1 saturated carbocycles. The zero-order chi connectivity index (χ0) is 18.0. The van der Waals surface area contributed by atoms with Crippen LogP contribution in [0.5, 0.6) is 11.5 Å². The van der Waals surface area contributed by atoms with Crippen molar-refractivity contribution in [1.82, 2.24) is 0 Å². The van der Waals surface area contributed by atoms with Crippen molar-refractivity contribution in [3.63, 3.8) is 0 Å². The molecule has 0 amide bonds. The number of nitrogens with two attached hydrogens (primary N) is 1. The van der Waals surface area contributed by atoms with Gasteiger partial charge in [-0.05, 0) is 69.7 Å². The van der Waals surface area contributed by atoms with Crippen LogP contribution < -0.4 is 15.2 Å². The zero-order valence-corrected chi connectivity index (χ0v) is 18.7. The van der Waals surface area contributed by atoms with Crippen LogP contribution in [0.25, 0.3) is 0 Å². The van der Waals surface area contributed by atoms with Crippen LogP contribution in [0.4, 0.5) is 0 Å². The number of aryl methyl sites for hydroxylation is 1. The number of alkyl halides is 2. The molecule has 0 radical (unpaired) electrons. The van der Waals surface area contributed by atoms with Gasteiger partial charge in [0.15, 0.2) is 0 Å². The quantitative estimate of drug-likeness (QED) is 0.178. The Kier molecular flexibility index (Phi) is 6.80. The molecule has 0 spiro atoms. The Labute approximate surface area is 171 Å². The number of rotatable bonds is 6. The van der Waals surface area contributed by atoms with Crippen molar-refractivity contribution in [2.45, 2.75) is 65.9 Å². The first-order valence-electron chi connectivity index (χ1n) is 8.31. The maximum atomic E-state index is 12.3. The summed E-state index contributed by atoms with van der Waals surface area (Å²) in [5, 5.41) is 0. The number of ether oxygens (including phenoxy) is 2. The van der Waals surface area contributed by atoms with Gasteiger partial charge in [-0.25, -0.2) is 0 Å². The summed E-state index contributed by atoms with van der Waals surface area (Å²) < 4.78 is 10.8. The molecule has 1 fully saturated rings.